The van der Waals surface area contributed by atoms with Crippen molar-refractivity contribution in [3.05, 3.63) is 82.4 Å². The van der Waals surface area contributed by atoms with Crippen LogP contribution in [0.4, 0.5) is 11.5 Å². The van der Waals surface area contributed by atoms with Crippen molar-refractivity contribution in [3.8, 4) is 0 Å². The Bertz CT molecular complexity index is 1160. The molecule has 2 heterocycles. The summed E-state index contributed by atoms with van der Waals surface area (Å²) in [4.78, 5) is 27.8. The van der Waals surface area contributed by atoms with E-state index in [2.05, 4.69) is 15.0 Å². The van der Waals surface area contributed by atoms with Crippen molar-refractivity contribution < 1.29 is 13.2 Å². The summed E-state index contributed by atoms with van der Waals surface area (Å²) in [6.45, 7) is 3.56. The summed E-state index contributed by atoms with van der Waals surface area (Å²) < 4.78 is 28.9. The highest BCUT2D eigenvalue weighted by Crippen LogP contribution is 2.17. The first-order valence-corrected chi connectivity index (χ1v) is 10.2. The molecular formula is C20H20N4O4S. The zero-order valence-corrected chi connectivity index (χ0v) is 16.7. The van der Waals surface area contributed by atoms with E-state index in [1.165, 1.54) is 42.6 Å². The van der Waals surface area contributed by atoms with Gasteiger partial charge in [-0.2, -0.15) is 0 Å². The molecule has 0 atom stereocenters. The fourth-order valence-electron chi connectivity index (χ4n) is 2.82. The average molecular weight is 412 g/mol. The van der Waals surface area contributed by atoms with Gasteiger partial charge >= 0.3 is 0 Å². The first-order valence-electron chi connectivity index (χ1n) is 8.76. The van der Waals surface area contributed by atoms with E-state index in [4.69, 9.17) is 0 Å². The minimum atomic E-state index is -3.78. The maximum Gasteiger partial charge on any atom is 0.263 e. The van der Waals surface area contributed by atoms with E-state index in [0.717, 1.165) is 0 Å². The molecule has 0 bridgehead atoms. The fraction of sp³-hybridized carbons (Fsp3) is 0.150. The van der Waals surface area contributed by atoms with E-state index in [1.807, 2.05) is 0 Å². The second kappa shape index (κ2) is 8.27. The number of rotatable bonds is 6. The normalized spacial score (nSPS) is 11.1. The highest BCUT2D eigenvalue weighted by Gasteiger charge is 2.15. The predicted molar refractivity (Wildman–Crippen MR) is 110 cm³/mol. The van der Waals surface area contributed by atoms with Gasteiger partial charge in [0.05, 0.1) is 4.90 Å². The molecule has 2 aromatic heterocycles. The van der Waals surface area contributed by atoms with Crippen LogP contribution in [-0.2, 0) is 21.4 Å². The Morgan fingerprint density at radius 2 is 1.69 bits per heavy atom. The van der Waals surface area contributed by atoms with Crippen LogP contribution < -0.4 is 15.5 Å². The number of amides is 1. The first-order chi connectivity index (χ1) is 13.7. The minimum Gasteiger partial charge on any atom is -0.340 e. The lowest BCUT2D eigenvalue weighted by Gasteiger charge is -2.14. The summed E-state index contributed by atoms with van der Waals surface area (Å²) >= 11 is 0. The molecule has 9 heteroatoms. The number of nitrogens with zero attached hydrogens (tertiary/aromatic N) is 2. The maximum absolute atomic E-state index is 12.4. The summed E-state index contributed by atoms with van der Waals surface area (Å²) in [5.74, 6) is -0.0705. The third-order valence-corrected chi connectivity index (χ3v) is 5.58. The number of pyridine rings is 2. The Hall–Kier alpha value is -3.46. The second-order valence-electron chi connectivity index (χ2n) is 6.45. The number of hydrogen-bond acceptors (Lipinski definition) is 5. The van der Waals surface area contributed by atoms with Crippen LogP contribution in [0.2, 0.25) is 0 Å². The van der Waals surface area contributed by atoms with Gasteiger partial charge in [-0.05, 0) is 50.2 Å². The number of aryl methyl sites for hydroxylation is 2. The molecule has 1 amide bonds. The van der Waals surface area contributed by atoms with Crippen LogP contribution in [-0.4, -0.2) is 23.9 Å². The van der Waals surface area contributed by atoms with Gasteiger partial charge in [0.1, 0.15) is 12.4 Å². The lowest BCUT2D eigenvalue weighted by Crippen LogP contribution is -2.23. The summed E-state index contributed by atoms with van der Waals surface area (Å²) in [5, 5.41) is 2.72. The highest BCUT2D eigenvalue weighted by atomic mass is 32.2. The van der Waals surface area contributed by atoms with Crippen LogP contribution in [0.25, 0.3) is 0 Å². The SMILES string of the molecule is Cc1cc(=O)cc(C)n1CC(=O)Nc1ccc(S(=O)(=O)Nc2ccccn2)cc1. The summed E-state index contributed by atoms with van der Waals surface area (Å²) in [5.41, 5.74) is 1.73. The molecule has 1 aromatic carbocycles. The van der Waals surface area contributed by atoms with Gasteiger partial charge in [-0.3, -0.25) is 14.3 Å². The van der Waals surface area contributed by atoms with Gasteiger partial charge in [-0.15, -0.1) is 0 Å². The van der Waals surface area contributed by atoms with Crippen LogP contribution in [0.5, 0.6) is 0 Å². The van der Waals surface area contributed by atoms with Crippen molar-refractivity contribution in [1.82, 2.24) is 9.55 Å². The molecular weight excluding hydrogens is 392 g/mol. The molecule has 8 nitrogen and oxygen atoms in total. The highest BCUT2D eigenvalue weighted by molar-refractivity contribution is 7.92. The number of sulfonamides is 1. The van der Waals surface area contributed by atoms with E-state index >= 15 is 0 Å². The van der Waals surface area contributed by atoms with Crippen molar-refractivity contribution in [2.75, 3.05) is 10.0 Å². The van der Waals surface area contributed by atoms with Crippen molar-refractivity contribution in [1.29, 1.82) is 0 Å². The summed E-state index contributed by atoms with van der Waals surface area (Å²) in [6, 6.07) is 13.7. The van der Waals surface area contributed by atoms with E-state index in [-0.39, 0.29) is 28.6 Å². The number of nitrogens with one attached hydrogen (secondary N) is 2. The molecule has 0 fully saturated rings. The number of carbonyl (C=O) groups is 1. The number of carbonyl (C=O) groups excluding carboxylic acids is 1. The van der Waals surface area contributed by atoms with Crippen molar-refractivity contribution in [3.63, 3.8) is 0 Å². The standard InChI is InChI=1S/C20H20N4O4S/c1-14-11-17(25)12-15(2)24(14)13-20(26)22-16-6-8-18(9-7-16)29(27,28)23-19-5-3-4-10-21-19/h3-12H,13H2,1-2H3,(H,21,23)(H,22,26). The number of benzene rings is 1. The number of anilines is 2. The average Bonchev–Trinajstić information content (AvgIpc) is 2.65. The van der Waals surface area contributed by atoms with Gasteiger partial charge in [-0.1, -0.05) is 6.07 Å². The van der Waals surface area contributed by atoms with Crippen molar-refractivity contribution >= 4 is 27.4 Å². The summed E-state index contributed by atoms with van der Waals surface area (Å²) in [6.07, 6.45) is 1.49. The molecule has 3 rings (SSSR count). The molecule has 0 aliphatic carbocycles. The molecule has 0 aliphatic rings. The lowest BCUT2D eigenvalue weighted by atomic mass is 10.2. The molecule has 0 saturated heterocycles. The molecule has 2 N–H and O–H groups in total. The Labute approximate surface area is 168 Å². The van der Waals surface area contributed by atoms with E-state index < -0.39 is 10.0 Å². The monoisotopic (exact) mass is 412 g/mol. The molecule has 0 unspecified atom stereocenters. The third kappa shape index (κ3) is 5.08. The molecule has 0 aliphatic heterocycles. The van der Waals surface area contributed by atoms with Gasteiger partial charge in [0.2, 0.25) is 5.91 Å². The van der Waals surface area contributed by atoms with Gasteiger partial charge < -0.3 is 9.88 Å². The Kier molecular flexibility index (Phi) is 5.79. The van der Waals surface area contributed by atoms with Crippen LogP contribution >= 0.6 is 0 Å². The fourth-order valence-corrected chi connectivity index (χ4v) is 3.83. The van der Waals surface area contributed by atoms with Crippen LogP contribution in [0, 0.1) is 13.8 Å². The Morgan fingerprint density at radius 1 is 1.03 bits per heavy atom. The van der Waals surface area contributed by atoms with Crippen LogP contribution in [0.1, 0.15) is 11.4 Å². The van der Waals surface area contributed by atoms with Gasteiger partial charge in [-0.25, -0.2) is 13.4 Å². The molecule has 0 spiro atoms. The van der Waals surface area contributed by atoms with E-state index in [1.54, 1.807) is 36.6 Å². The number of hydrogen-bond donors (Lipinski definition) is 2. The van der Waals surface area contributed by atoms with Gasteiger partial charge in [0, 0.05) is 35.4 Å². The smallest absolute Gasteiger partial charge is 0.263 e. The number of aromatic nitrogens is 2. The molecule has 29 heavy (non-hydrogen) atoms. The Morgan fingerprint density at radius 3 is 2.28 bits per heavy atom. The van der Waals surface area contributed by atoms with Crippen molar-refractivity contribution in [2.45, 2.75) is 25.3 Å². The predicted octanol–water partition coefficient (Wildman–Crippen LogP) is 2.30. The van der Waals surface area contributed by atoms with Crippen LogP contribution in [0.15, 0.2) is 70.5 Å². The van der Waals surface area contributed by atoms with Crippen molar-refractivity contribution in [2.24, 2.45) is 0 Å². The lowest BCUT2D eigenvalue weighted by molar-refractivity contribution is -0.116. The molecule has 150 valence electrons. The molecule has 0 radical (unpaired) electrons. The van der Waals surface area contributed by atoms with Crippen LogP contribution in [0.3, 0.4) is 0 Å². The molecule has 0 saturated carbocycles. The third-order valence-electron chi connectivity index (χ3n) is 4.21. The van der Waals surface area contributed by atoms with E-state index in [0.29, 0.717) is 17.1 Å². The topological polar surface area (TPSA) is 110 Å². The van der Waals surface area contributed by atoms with E-state index in [9.17, 15) is 18.0 Å². The maximum atomic E-state index is 12.4. The largest absolute Gasteiger partial charge is 0.340 e. The minimum absolute atomic E-state index is 0.0409. The first kappa shape index (κ1) is 20.3. The van der Waals surface area contributed by atoms with Gasteiger partial charge in [0.25, 0.3) is 10.0 Å². The molecule has 3 aromatic rings. The zero-order valence-electron chi connectivity index (χ0n) is 15.9. The Balaban J connectivity index is 1.69. The van der Waals surface area contributed by atoms with Gasteiger partial charge in [0.15, 0.2) is 5.43 Å². The second-order valence-corrected chi connectivity index (χ2v) is 8.14. The zero-order chi connectivity index (χ0) is 21.0. The summed E-state index contributed by atoms with van der Waals surface area (Å²) in [7, 11) is -3.78. The quantitative estimate of drug-likeness (QED) is 0.646.